The summed E-state index contributed by atoms with van der Waals surface area (Å²) >= 11 is 0. The monoisotopic (exact) mass is 458 g/mol. The first-order valence-electron chi connectivity index (χ1n) is 9.87. The van der Waals surface area contributed by atoms with E-state index in [0.29, 0.717) is 11.3 Å². The van der Waals surface area contributed by atoms with Crippen molar-refractivity contribution in [2.75, 3.05) is 7.11 Å². The van der Waals surface area contributed by atoms with E-state index in [1.807, 2.05) is 55.4 Å². The second-order valence-electron chi connectivity index (χ2n) is 9.69. The number of benzene rings is 1. The Morgan fingerprint density at radius 3 is 1.57 bits per heavy atom. The highest BCUT2D eigenvalue weighted by Gasteiger charge is 2.65. The van der Waals surface area contributed by atoms with Gasteiger partial charge in [0, 0.05) is 5.56 Å². The van der Waals surface area contributed by atoms with Crippen molar-refractivity contribution in [3.8, 4) is 5.75 Å². The predicted octanol–water partition coefficient (Wildman–Crippen LogP) is 4.45. The van der Waals surface area contributed by atoms with E-state index in [1.54, 1.807) is 31.4 Å². The molecule has 9 heteroatoms. The van der Waals surface area contributed by atoms with E-state index in [1.165, 1.54) is 5.82 Å². The molecule has 2 aliphatic rings. The first kappa shape index (κ1) is 24.0. The van der Waals surface area contributed by atoms with E-state index in [9.17, 15) is 9.79 Å². The molecular formula is C21H32O7P2. The average Bonchev–Trinajstić information content (AvgIpc) is 2.85. The molecular weight excluding hydrogens is 426 g/mol. The lowest BCUT2D eigenvalue weighted by Gasteiger charge is -2.27. The number of ether oxygens (including phenoxy) is 1. The van der Waals surface area contributed by atoms with E-state index >= 15 is 0 Å². The lowest BCUT2D eigenvalue weighted by Crippen LogP contribution is -2.41. The molecule has 2 saturated heterocycles. The fourth-order valence-electron chi connectivity index (χ4n) is 3.08. The third kappa shape index (κ3) is 4.07. The molecule has 0 aromatic heterocycles. The molecule has 0 saturated carbocycles. The molecule has 0 unspecified atom stereocenters. The van der Waals surface area contributed by atoms with Crippen LogP contribution in [0.25, 0.3) is 5.31 Å². The van der Waals surface area contributed by atoms with Gasteiger partial charge in [0.2, 0.25) is 0 Å². The SMILES string of the molecule is COc1ccc(/C(=C/[P+]2([O-])OC(C)(C)C(C)(C)O2)[P+]2([O-])OC(C)(C)C(C)(C)O2)cc1. The van der Waals surface area contributed by atoms with Crippen LogP contribution in [-0.2, 0) is 18.1 Å². The summed E-state index contributed by atoms with van der Waals surface area (Å²) in [4.78, 5) is 27.6. The van der Waals surface area contributed by atoms with Crippen LogP contribution in [0.2, 0.25) is 0 Å². The summed E-state index contributed by atoms with van der Waals surface area (Å²) < 4.78 is 28.9. The maximum absolute atomic E-state index is 14.0. The summed E-state index contributed by atoms with van der Waals surface area (Å²) in [6.07, 6.45) is 0. The van der Waals surface area contributed by atoms with E-state index in [0.717, 1.165) is 0 Å². The molecule has 168 valence electrons. The van der Waals surface area contributed by atoms with Crippen molar-refractivity contribution in [1.29, 1.82) is 0 Å². The Labute approximate surface area is 180 Å². The first-order chi connectivity index (χ1) is 13.5. The molecule has 0 spiro atoms. The van der Waals surface area contributed by atoms with Crippen LogP contribution in [0.4, 0.5) is 0 Å². The second-order valence-corrected chi connectivity index (χ2v) is 13.2. The van der Waals surface area contributed by atoms with E-state index < -0.39 is 38.3 Å². The zero-order valence-electron chi connectivity index (χ0n) is 19.1. The van der Waals surface area contributed by atoms with Crippen molar-refractivity contribution >= 4 is 21.2 Å². The molecule has 0 aliphatic carbocycles. The smallest absolute Gasteiger partial charge is 0.277 e. The first-order valence-corrected chi connectivity index (χ1v) is 13.0. The molecule has 2 heterocycles. The minimum Gasteiger partial charge on any atom is -0.627 e. The van der Waals surface area contributed by atoms with Crippen molar-refractivity contribution in [2.24, 2.45) is 0 Å². The predicted molar refractivity (Wildman–Crippen MR) is 115 cm³/mol. The Hall–Kier alpha value is -0.620. The minimum atomic E-state index is -3.86. The van der Waals surface area contributed by atoms with Gasteiger partial charge in [0.05, 0.1) is 7.11 Å². The highest BCUT2D eigenvalue weighted by Crippen LogP contribution is 2.78. The maximum Gasteiger partial charge on any atom is 0.277 e. The largest absolute Gasteiger partial charge is 0.627 e. The molecule has 7 nitrogen and oxygen atoms in total. The van der Waals surface area contributed by atoms with Gasteiger partial charge in [-0.15, -0.1) is 0 Å². The van der Waals surface area contributed by atoms with Gasteiger partial charge >= 0.3 is 0 Å². The van der Waals surface area contributed by atoms with E-state index in [-0.39, 0.29) is 5.31 Å². The molecule has 2 fully saturated rings. The fraction of sp³-hybridized carbons (Fsp3) is 0.619. The normalized spacial score (nSPS) is 27.8. The van der Waals surface area contributed by atoms with Crippen LogP contribution < -0.4 is 14.5 Å². The molecule has 3 rings (SSSR count). The Morgan fingerprint density at radius 1 is 0.767 bits per heavy atom. The van der Waals surface area contributed by atoms with Crippen LogP contribution in [0.5, 0.6) is 5.75 Å². The average molecular weight is 458 g/mol. The van der Waals surface area contributed by atoms with Gasteiger partial charge in [-0.3, -0.25) is 0 Å². The maximum atomic E-state index is 14.0. The van der Waals surface area contributed by atoms with Crippen molar-refractivity contribution in [1.82, 2.24) is 0 Å². The second kappa shape index (κ2) is 7.19. The van der Waals surface area contributed by atoms with E-state index in [2.05, 4.69) is 0 Å². The summed E-state index contributed by atoms with van der Waals surface area (Å²) in [7, 11) is -6.06. The van der Waals surface area contributed by atoms with Gasteiger partial charge in [-0.1, -0.05) is 0 Å². The van der Waals surface area contributed by atoms with Crippen LogP contribution in [0.3, 0.4) is 0 Å². The molecule has 2 aliphatic heterocycles. The van der Waals surface area contributed by atoms with Gasteiger partial charge < -0.3 is 14.5 Å². The Balaban J connectivity index is 2.13. The van der Waals surface area contributed by atoms with Gasteiger partial charge in [0.25, 0.3) is 15.9 Å². The molecule has 0 amide bonds. The third-order valence-corrected chi connectivity index (χ3v) is 10.8. The number of hydrogen-bond donors (Lipinski definition) is 0. The third-order valence-electron chi connectivity index (χ3n) is 6.27. The van der Waals surface area contributed by atoms with Crippen molar-refractivity contribution in [3.05, 3.63) is 35.6 Å². The summed E-state index contributed by atoms with van der Waals surface area (Å²) in [6, 6.07) is 6.88. The highest BCUT2D eigenvalue weighted by atomic mass is 31.2. The topological polar surface area (TPSA) is 92.3 Å². The summed E-state index contributed by atoms with van der Waals surface area (Å²) in [6.45, 7) is 14.5. The Morgan fingerprint density at radius 2 is 1.17 bits per heavy atom. The van der Waals surface area contributed by atoms with Crippen LogP contribution in [0, 0.1) is 0 Å². The van der Waals surface area contributed by atoms with Gasteiger partial charge in [-0.2, -0.15) is 18.1 Å². The Bertz CT molecular complexity index is 811. The lowest BCUT2D eigenvalue weighted by molar-refractivity contribution is -0.209. The zero-order chi connectivity index (χ0) is 22.8. The van der Waals surface area contributed by atoms with Crippen molar-refractivity contribution < 1.29 is 32.6 Å². The van der Waals surface area contributed by atoms with Crippen LogP contribution in [0.1, 0.15) is 61.0 Å². The standard InChI is InChI=1S/C21H32O7P2/c1-18(2)19(3,4)26-29(22,25-18)14-17(15-10-12-16(24-9)13-11-15)30(23)27-20(5,6)21(7,8)28-30/h10-14H,1-9H3/b17-14-. The van der Waals surface area contributed by atoms with Crippen LogP contribution in [0.15, 0.2) is 30.1 Å². The minimum absolute atomic E-state index is 0.153. The molecule has 30 heavy (non-hydrogen) atoms. The molecule has 0 atom stereocenters. The molecule has 1 aromatic rings. The zero-order valence-corrected chi connectivity index (χ0v) is 20.9. The number of methoxy groups -OCH3 is 1. The van der Waals surface area contributed by atoms with Gasteiger partial charge in [-0.25, -0.2) is 0 Å². The van der Waals surface area contributed by atoms with E-state index in [4.69, 9.17) is 22.8 Å². The van der Waals surface area contributed by atoms with Gasteiger partial charge in [0.1, 0.15) is 28.2 Å². The lowest BCUT2D eigenvalue weighted by atomic mass is 9.90. The summed E-state index contributed by atoms with van der Waals surface area (Å²) in [5.41, 5.74) is -2.77. The Kier molecular flexibility index (Phi) is 5.76. The molecule has 0 radical (unpaired) electrons. The highest BCUT2D eigenvalue weighted by molar-refractivity contribution is 7.72. The fourth-order valence-corrected chi connectivity index (χ4v) is 8.71. The summed E-state index contributed by atoms with van der Waals surface area (Å²) in [5, 5.41) is 0.153. The molecule has 1 aromatic carbocycles. The number of rotatable bonds is 4. The van der Waals surface area contributed by atoms with Crippen LogP contribution >= 0.6 is 15.9 Å². The number of hydrogen-bond acceptors (Lipinski definition) is 7. The quantitative estimate of drug-likeness (QED) is 0.616. The molecule has 0 N–H and O–H groups in total. The van der Waals surface area contributed by atoms with Crippen molar-refractivity contribution in [3.63, 3.8) is 0 Å². The van der Waals surface area contributed by atoms with Crippen molar-refractivity contribution in [2.45, 2.75) is 77.8 Å². The van der Waals surface area contributed by atoms with Crippen LogP contribution in [-0.4, -0.2) is 29.5 Å². The summed E-state index contributed by atoms with van der Waals surface area (Å²) in [5.74, 6) is 1.93. The molecule has 0 bridgehead atoms. The van der Waals surface area contributed by atoms with Gasteiger partial charge in [-0.05, 0) is 79.7 Å². The van der Waals surface area contributed by atoms with Gasteiger partial charge in [0.15, 0.2) is 11.1 Å².